The second-order valence-corrected chi connectivity index (χ2v) is 22.9. The standard InChI is InChI=1S/C13H26O2Si2.C12H14O4/c1-7-12(14)15-13(8-2)9-16(3,4)11-17(5,6)10-13;1-5(2)11(13)15-9-6-3-7-8(4-6)12(14)16-10(7)9/h7H,1,8-11H2,2-6H3;6-10H,1,3-4H2,2H3. The van der Waals surface area contributed by atoms with Crippen molar-refractivity contribution in [3.8, 4) is 0 Å². The van der Waals surface area contributed by atoms with Crippen LogP contribution in [-0.4, -0.2) is 51.9 Å². The predicted molar refractivity (Wildman–Crippen MR) is 133 cm³/mol. The molecular weight excluding hydrogens is 452 g/mol. The van der Waals surface area contributed by atoms with Crippen molar-refractivity contribution in [2.45, 2.75) is 94.9 Å². The summed E-state index contributed by atoms with van der Waals surface area (Å²) in [6, 6.07) is 2.24. The minimum absolute atomic E-state index is 0.0646. The lowest BCUT2D eigenvalue weighted by atomic mass is 9.88. The third kappa shape index (κ3) is 5.53. The van der Waals surface area contributed by atoms with E-state index < -0.39 is 16.1 Å². The highest BCUT2D eigenvalue weighted by Crippen LogP contribution is 2.55. The molecule has 6 nitrogen and oxygen atoms in total. The number of hydrogen-bond acceptors (Lipinski definition) is 6. The maximum Gasteiger partial charge on any atom is 0.333 e. The Kier molecular flexibility index (Phi) is 7.21. The van der Waals surface area contributed by atoms with Crippen molar-refractivity contribution in [1.82, 2.24) is 0 Å². The molecule has 0 aromatic rings. The summed E-state index contributed by atoms with van der Waals surface area (Å²) in [5.41, 5.74) is 1.66. The Labute approximate surface area is 200 Å². The molecule has 4 rings (SSSR count). The van der Waals surface area contributed by atoms with Crippen LogP contribution in [-0.2, 0) is 28.6 Å². The number of hydrogen-bond donors (Lipinski definition) is 0. The van der Waals surface area contributed by atoms with Gasteiger partial charge in [0.2, 0.25) is 0 Å². The van der Waals surface area contributed by atoms with Crippen LogP contribution in [0.3, 0.4) is 0 Å². The number of esters is 3. The molecule has 2 aliphatic carbocycles. The van der Waals surface area contributed by atoms with E-state index in [0.717, 1.165) is 31.4 Å². The quantitative estimate of drug-likeness (QED) is 0.235. The van der Waals surface area contributed by atoms with Crippen molar-refractivity contribution in [1.29, 1.82) is 0 Å². The lowest BCUT2D eigenvalue weighted by Gasteiger charge is -2.49. The zero-order chi connectivity index (χ0) is 24.8. The highest BCUT2D eigenvalue weighted by molar-refractivity contribution is 6.96. The Morgan fingerprint density at radius 1 is 1.18 bits per heavy atom. The van der Waals surface area contributed by atoms with E-state index in [9.17, 15) is 14.4 Å². The summed E-state index contributed by atoms with van der Waals surface area (Å²) < 4.78 is 16.4. The molecule has 4 fully saturated rings. The Morgan fingerprint density at radius 3 is 2.30 bits per heavy atom. The summed E-state index contributed by atoms with van der Waals surface area (Å²) in [7, 11) is -2.42. The topological polar surface area (TPSA) is 78.9 Å². The summed E-state index contributed by atoms with van der Waals surface area (Å²) >= 11 is 0. The first-order chi connectivity index (χ1) is 15.2. The van der Waals surface area contributed by atoms with Crippen molar-refractivity contribution >= 4 is 34.1 Å². The summed E-state index contributed by atoms with van der Waals surface area (Å²) in [5, 5.41) is 0. The molecule has 0 aromatic carbocycles. The van der Waals surface area contributed by atoms with E-state index in [2.05, 4.69) is 46.3 Å². The van der Waals surface area contributed by atoms with E-state index in [1.54, 1.807) is 6.92 Å². The van der Waals surface area contributed by atoms with Crippen LogP contribution in [0.15, 0.2) is 24.8 Å². The van der Waals surface area contributed by atoms with Crippen molar-refractivity contribution in [2.24, 2.45) is 17.8 Å². The zero-order valence-electron chi connectivity index (χ0n) is 21.1. The maximum absolute atomic E-state index is 11.6. The van der Waals surface area contributed by atoms with Gasteiger partial charge in [-0.2, -0.15) is 0 Å². The Hall–Kier alpha value is -1.68. The zero-order valence-corrected chi connectivity index (χ0v) is 23.1. The normalized spacial score (nSPS) is 33.9. The molecular formula is C25H40O6Si2. The molecule has 5 atom stereocenters. The molecule has 0 spiro atoms. The van der Waals surface area contributed by atoms with E-state index in [0.29, 0.717) is 11.5 Å². The van der Waals surface area contributed by atoms with Crippen LogP contribution in [0.5, 0.6) is 0 Å². The van der Waals surface area contributed by atoms with E-state index >= 15 is 0 Å². The smallest absolute Gasteiger partial charge is 0.333 e. The minimum atomic E-state index is -1.21. The summed E-state index contributed by atoms with van der Waals surface area (Å²) in [4.78, 5) is 34.5. The van der Waals surface area contributed by atoms with Gasteiger partial charge in [0.05, 0.1) is 5.92 Å². The lowest BCUT2D eigenvalue weighted by Crippen LogP contribution is -2.56. The van der Waals surface area contributed by atoms with Gasteiger partial charge in [0.15, 0.2) is 0 Å². The first kappa shape index (κ1) is 25.9. The van der Waals surface area contributed by atoms with Gasteiger partial charge in [-0.3, -0.25) is 4.79 Å². The van der Waals surface area contributed by atoms with Gasteiger partial charge in [-0.15, -0.1) is 0 Å². The second-order valence-electron chi connectivity index (χ2n) is 12.1. The van der Waals surface area contributed by atoms with Crippen molar-refractivity contribution in [3.05, 3.63) is 24.8 Å². The van der Waals surface area contributed by atoms with Crippen molar-refractivity contribution in [2.75, 3.05) is 0 Å². The van der Waals surface area contributed by atoms with Gasteiger partial charge in [-0.25, -0.2) is 9.59 Å². The largest absolute Gasteiger partial charge is 0.458 e. The molecule has 2 bridgehead atoms. The van der Waals surface area contributed by atoms with Crippen LogP contribution in [0.1, 0.15) is 33.1 Å². The Morgan fingerprint density at radius 2 is 1.79 bits per heavy atom. The average Bonchev–Trinajstić information content (AvgIpc) is 3.31. The minimum Gasteiger partial charge on any atom is -0.458 e. The Balaban J connectivity index is 0.000000186. The number of rotatable bonds is 5. The fraction of sp³-hybridized carbons (Fsp3) is 0.720. The van der Waals surface area contributed by atoms with Gasteiger partial charge in [0, 0.05) is 39.6 Å². The third-order valence-corrected chi connectivity index (χ3v) is 18.6. The average molecular weight is 493 g/mol. The molecule has 2 saturated carbocycles. The van der Waals surface area contributed by atoms with Crippen LogP contribution in [0.2, 0.25) is 43.9 Å². The predicted octanol–water partition coefficient (Wildman–Crippen LogP) is 4.89. The molecule has 4 aliphatic rings. The molecule has 2 aliphatic heterocycles. The van der Waals surface area contributed by atoms with Crippen LogP contribution in [0, 0.1) is 17.8 Å². The summed E-state index contributed by atoms with van der Waals surface area (Å²) in [5.74, 6) is -0.0864. The first-order valence-electron chi connectivity index (χ1n) is 12.1. The summed E-state index contributed by atoms with van der Waals surface area (Å²) in [6.07, 6.45) is 3.58. The molecule has 0 N–H and O–H groups in total. The molecule has 2 saturated heterocycles. The van der Waals surface area contributed by atoms with E-state index in [-0.39, 0.29) is 47.6 Å². The van der Waals surface area contributed by atoms with Gasteiger partial charge in [-0.05, 0) is 38.3 Å². The fourth-order valence-corrected chi connectivity index (χ4v) is 23.2. The molecule has 184 valence electrons. The highest BCUT2D eigenvalue weighted by Gasteiger charge is 2.63. The third-order valence-electron chi connectivity index (χ3n) is 7.69. The van der Waals surface area contributed by atoms with Gasteiger partial charge in [0.1, 0.15) is 17.8 Å². The first-order valence-corrected chi connectivity index (χ1v) is 19.0. The van der Waals surface area contributed by atoms with Crippen molar-refractivity contribution < 1.29 is 28.6 Å². The van der Waals surface area contributed by atoms with E-state index in [1.807, 2.05) is 0 Å². The van der Waals surface area contributed by atoms with Crippen LogP contribution in [0.25, 0.3) is 0 Å². The van der Waals surface area contributed by atoms with E-state index in [1.165, 1.54) is 11.7 Å². The summed E-state index contributed by atoms with van der Waals surface area (Å²) in [6.45, 7) is 20.6. The van der Waals surface area contributed by atoms with Crippen LogP contribution in [0.4, 0.5) is 0 Å². The second kappa shape index (κ2) is 9.17. The Bertz CT molecular complexity index is 832. The number of carbonyl (C=O) groups excluding carboxylic acids is 3. The van der Waals surface area contributed by atoms with E-state index in [4.69, 9.17) is 14.2 Å². The molecule has 2 heterocycles. The van der Waals surface area contributed by atoms with Gasteiger partial charge >= 0.3 is 17.9 Å². The fourth-order valence-electron chi connectivity index (χ4n) is 7.17. The van der Waals surface area contributed by atoms with Crippen LogP contribution < -0.4 is 0 Å². The van der Waals surface area contributed by atoms with Gasteiger partial charge < -0.3 is 14.2 Å². The monoisotopic (exact) mass is 492 g/mol. The van der Waals surface area contributed by atoms with Crippen molar-refractivity contribution in [3.63, 3.8) is 0 Å². The number of carbonyl (C=O) groups is 3. The van der Waals surface area contributed by atoms with Gasteiger partial charge in [0.25, 0.3) is 0 Å². The number of ether oxygens (including phenoxy) is 3. The SMILES string of the molecule is C=C(C)C(=O)OC1C2CC3C(=O)OC1C3C2.C=CC(=O)OC1(CC)C[Si](C)(C)C[Si](C)(C)C1. The number of fused-ring (bicyclic) bond motifs is 1. The van der Waals surface area contributed by atoms with Crippen LogP contribution >= 0.6 is 0 Å². The van der Waals surface area contributed by atoms with Gasteiger partial charge in [-0.1, -0.05) is 51.9 Å². The molecule has 0 radical (unpaired) electrons. The molecule has 8 heteroatoms. The molecule has 5 unspecified atom stereocenters. The maximum atomic E-state index is 11.6. The highest BCUT2D eigenvalue weighted by atomic mass is 28.4. The molecule has 0 aromatic heterocycles. The lowest BCUT2D eigenvalue weighted by molar-refractivity contribution is -0.158. The molecule has 33 heavy (non-hydrogen) atoms. The molecule has 0 amide bonds.